The number of carbonyl (C=O) groups is 2. The summed E-state index contributed by atoms with van der Waals surface area (Å²) in [5, 5.41) is 16.3. The molecule has 0 unspecified atom stereocenters. The summed E-state index contributed by atoms with van der Waals surface area (Å²) in [5.74, 6) is -0.411. The molecule has 1 aromatic heterocycles. The molecule has 0 aliphatic carbocycles. The molecule has 1 aromatic carbocycles. The third-order valence-electron chi connectivity index (χ3n) is 2.42. The first kappa shape index (κ1) is 15.7. The van der Waals surface area contributed by atoms with Crippen LogP contribution >= 0.6 is 11.8 Å². The number of allylic oxidation sites excluding steroid dienone is 1. The fraction of sp³-hybridized carbons (Fsp3) is 0.154. The maximum atomic E-state index is 11.7. The molecule has 0 atom stereocenters. The molecule has 0 saturated carbocycles. The number of carbonyl (C=O) groups excluding carboxylic acids is 2. The van der Waals surface area contributed by atoms with Crippen LogP contribution in [0.5, 0.6) is 0 Å². The van der Waals surface area contributed by atoms with Crippen molar-refractivity contribution in [2.75, 3.05) is 11.1 Å². The minimum atomic E-state index is -0.581. The Bertz CT molecular complexity index is 658. The van der Waals surface area contributed by atoms with Crippen molar-refractivity contribution in [1.29, 1.82) is 0 Å². The van der Waals surface area contributed by atoms with E-state index in [1.54, 1.807) is 30.3 Å². The summed E-state index contributed by atoms with van der Waals surface area (Å²) in [6.07, 6.45) is 1.65. The molecular formula is C13H14N6O2S. The number of rotatable bonds is 6. The SMILES string of the molecule is C=CCn1nnnc1SCC(=O)NC(=O)Nc1ccccc1. The Morgan fingerprint density at radius 3 is 2.82 bits per heavy atom. The third-order valence-corrected chi connectivity index (χ3v) is 3.38. The number of anilines is 1. The Kier molecular flexibility index (Phi) is 5.66. The molecule has 0 spiro atoms. The van der Waals surface area contributed by atoms with E-state index in [9.17, 15) is 9.59 Å². The molecule has 114 valence electrons. The number of para-hydroxylation sites is 1. The van der Waals surface area contributed by atoms with Crippen molar-refractivity contribution in [2.45, 2.75) is 11.7 Å². The molecule has 1 heterocycles. The van der Waals surface area contributed by atoms with Crippen LogP contribution in [0, 0.1) is 0 Å². The van der Waals surface area contributed by atoms with E-state index < -0.39 is 11.9 Å². The van der Waals surface area contributed by atoms with Crippen molar-refractivity contribution in [3.8, 4) is 0 Å². The highest BCUT2D eigenvalue weighted by molar-refractivity contribution is 7.99. The minimum absolute atomic E-state index is 0.0275. The quantitative estimate of drug-likeness (QED) is 0.615. The number of nitrogens with zero attached hydrogens (tertiary/aromatic N) is 4. The van der Waals surface area contributed by atoms with Crippen LogP contribution in [0.4, 0.5) is 10.5 Å². The van der Waals surface area contributed by atoms with E-state index in [0.717, 1.165) is 11.8 Å². The number of tetrazole rings is 1. The molecule has 0 aliphatic heterocycles. The van der Waals surface area contributed by atoms with Crippen molar-refractivity contribution in [3.05, 3.63) is 43.0 Å². The van der Waals surface area contributed by atoms with Gasteiger partial charge in [0.05, 0.1) is 12.3 Å². The lowest BCUT2D eigenvalue weighted by molar-refractivity contribution is -0.117. The largest absolute Gasteiger partial charge is 0.325 e. The van der Waals surface area contributed by atoms with Crippen LogP contribution in [0.15, 0.2) is 48.1 Å². The summed E-state index contributed by atoms with van der Waals surface area (Å²) >= 11 is 1.14. The average Bonchev–Trinajstić information content (AvgIpc) is 2.94. The standard InChI is InChI=1S/C13H14N6O2S/c1-2-8-19-13(16-17-18-19)22-9-11(20)15-12(21)14-10-6-4-3-5-7-10/h2-7H,1,8-9H2,(H2,14,15,20,21). The van der Waals surface area contributed by atoms with E-state index in [4.69, 9.17) is 0 Å². The van der Waals surface area contributed by atoms with Gasteiger partial charge in [0.15, 0.2) is 0 Å². The Morgan fingerprint density at radius 2 is 2.09 bits per heavy atom. The maximum Gasteiger partial charge on any atom is 0.325 e. The normalized spacial score (nSPS) is 10.0. The first-order valence-electron chi connectivity index (χ1n) is 6.35. The van der Waals surface area contributed by atoms with Crippen LogP contribution in [0.1, 0.15) is 0 Å². The Hall–Kier alpha value is -2.68. The molecule has 0 radical (unpaired) electrons. The molecule has 2 N–H and O–H groups in total. The second-order valence-electron chi connectivity index (χ2n) is 4.09. The predicted octanol–water partition coefficient (Wildman–Crippen LogP) is 1.30. The van der Waals surface area contributed by atoms with Gasteiger partial charge in [-0.2, -0.15) is 0 Å². The first-order valence-corrected chi connectivity index (χ1v) is 7.33. The van der Waals surface area contributed by atoms with Gasteiger partial charge >= 0.3 is 6.03 Å². The third kappa shape index (κ3) is 4.70. The summed E-state index contributed by atoms with van der Waals surface area (Å²) in [6, 6.07) is 8.27. The number of urea groups is 1. The summed E-state index contributed by atoms with van der Waals surface area (Å²) in [7, 11) is 0. The number of aromatic nitrogens is 4. The Labute approximate surface area is 131 Å². The summed E-state index contributed by atoms with van der Waals surface area (Å²) < 4.78 is 1.51. The van der Waals surface area contributed by atoms with Gasteiger partial charge in [0.25, 0.3) is 0 Å². The number of hydrogen-bond acceptors (Lipinski definition) is 6. The number of benzene rings is 1. The van der Waals surface area contributed by atoms with Gasteiger partial charge in [-0.05, 0) is 22.6 Å². The van der Waals surface area contributed by atoms with Gasteiger partial charge in [-0.1, -0.05) is 36.0 Å². The van der Waals surface area contributed by atoms with Gasteiger partial charge in [-0.25, -0.2) is 9.48 Å². The zero-order valence-electron chi connectivity index (χ0n) is 11.6. The summed E-state index contributed by atoms with van der Waals surface area (Å²) in [4.78, 5) is 23.4. The highest BCUT2D eigenvalue weighted by atomic mass is 32.2. The number of amides is 3. The molecule has 22 heavy (non-hydrogen) atoms. The van der Waals surface area contributed by atoms with Crippen LogP contribution in [0.25, 0.3) is 0 Å². The summed E-state index contributed by atoms with van der Waals surface area (Å²) in [5.41, 5.74) is 0.607. The van der Waals surface area contributed by atoms with Gasteiger partial charge in [0.2, 0.25) is 11.1 Å². The number of imide groups is 1. The van der Waals surface area contributed by atoms with Crippen LogP contribution in [-0.4, -0.2) is 37.9 Å². The van der Waals surface area contributed by atoms with Gasteiger partial charge in [0, 0.05) is 5.69 Å². The van der Waals surface area contributed by atoms with Crippen molar-refractivity contribution in [3.63, 3.8) is 0 Å². The molecule has 0 aliphatic rings. The van der Waals surface area contributed by atoms with Gasteiger partial charge in [-0.3, -0.25) is 10.1 Å². The molecular weight excluding hydrogens is 304 g/mol. The van der Waals surface area contributed by atoms with E-state index in [-0.39, 0.29) is 5.75 Å². The van der Waals surface area contributed by atoms with Crippen LogP contribution < -0.4 is 10.6 Å². The lowest BCUT2D eigenvalue weighted by Crippen LogP contribution is -2.35. The van der Waals surface area contributed by atoms with Crippen molar-refractivity contribution < 1.29 is 9.59 Å². The van der Waals surface area contributed by atoms with E-state index >= 15 is 0 Å². The van der Waals surface area contributed by atoms with Crippen molar-refractivity contribution >= 4 is 29.4 Å². The fourth-order valence-corrected chi connectivity index (χ4v) is 2.20. The number of thioether (sulfide) groups is 1. The monoisotopic (exact) mass is 318 g/mol. The lowest BCUT2D eigenvalue weighted by Gasteiger charge is -2.06. The molecule has 3 amide bonds. The average molecular weight is 318 g/mol. The molecule has 0 bridgehead atoms. The summed E-state index contributed by atoms with van der Waals surface area (Å²) in [6.45, 7) is 4.04. The second kappa shape index (κ2) is 7.93. The van der Waals surface area contributed by atoms with Crippen LogP contribution in [0.2, 0.25) is 0 Å². The maximum absolute atomic E-state index is 11.7. The predicted molar refractivity (Wildman–Crippen MR) is 82.3 cm³/mol. The molecule has 2 rings (SSSR count). The molecule has 9 heteroatoms. The Balaban J connectivity index is 1.79. The van der Waals surface area contributed by atoms with Gasteiger partial charge < -0.3 is 5.32 Å². The second-order valence-corrected chi connectivity index (χ2v) is 5.03. The zero-order chi connectivity index (χ0) is 15.8. The van der Waals surface area contributed by atoms with Crippen molar-refractivity contribution in [2.24, 2.45) is 0 Å². The topological polar surface area (TPSA) is 102 Å². The molecule has 2 aromatic rings. The number of nitrogens with one attached hydrogen (secondary N) is 2. The van der Waals surface area contributed by atoms with Crippen LogP contribution in [-0.2, 0) is 11.3 Å². The minimum Gasteiger partial charge on any atom is -0.308 e. The molecule has 8 nitrogen and oxygen atoms in total. The van der Waals surface area contributed by atoms with Crippen molar-refractivity contribution in [1.82, 2.24) is 25.5 Å². The highest BCUT2D eigenvalue weighted by Gasteiger charge is 2.11. The highest BCUT2D eigenvalue weighted by Crippen LogP contribution is 2.12. The van der Waals surface area contributed by atoms with E-state index in [1.807, 2.05) is 6.07 Å². The Morgan fingerprint density at radius 1 is 1.32 bits per heavy atom. The van der Waals surface area contributed by atoms with Gasteiger partial charge in [0.1, 0.15) is 0 Å². The first-order chi connectivity index (χ1) is 10.7. The van der Waals surface area contributed by atoms with E-state index in [1.165, 1.54) is 4.68 Å². The fourth-order valence-electron chi connectivity index (χ4n) is 1.51. The lowest BCUT2D eigenvalue weighted by atomic mass is 10.3. The smallest absolute Gasteiger partial charge is 0.308 e. The molecule has 0 fully saturated rings. The van der Waals surface area contributed by atoms with E-state index in [0.29, 0.717) is 17.4 Å². The van der Waals surface area contributed by atoms with E-state index in [2.05, 4.69) is 32.7 Å². The zero-order valence-corrected chi connectivity index (χ0v) is 12.4. The van der Waals surface area contributed by atoms with Gasteiger partial charge in [-0.15, -0.1) is 11.7 Å². The van der Waals surface area contributed by atoms with Crippen LogP contribution in [0.3, 0.4) is 0 Å². The number of hydrogen-bond donors (Lipinski definition) is 2. The molecule has 0 saturated heterocycles.